The molecule has 0 aliphatic carbocycles. The number of morpholine rings is 1. The van der Waals surface area contributed by atoms with Gasteiger partial charge in [0, 0.05) is 12.5 Å². The van der Waals surface area contributed by atoms with Gasteiger partial charge >= 0.3 is 0 Å². The van der Waals surface area contributed by atoms with Crippen molar-refractivity contribution in [3.05, 3.63) is 35.6 Å². The van der Waals surface area contributed by atoms with Gasteiger partial charge in [-0.25, -0.2) is 4.39 Å². The highest BCUT2D eigenvalue weighted by atomic mass is 19.1. The highest BCUT2D eigenvalue weighted by Gasteiger charge is 2.27. The molecule has 1 saturated heterocycles. The second-order valence-electron chi connectivity index (χ2n) is 5.15. The van der Waals surface area contributed by atoms with Crippen molar-refractivity contribution >= 4 is 5.91 Å². The van der Waals surface area contributed by atoms with E-state index < -0.39 is 0 Å². The minimum atomic E-state index is -0.239. The number of rotatable bonds is 3. The third-order valence-electron chi connectivity index (χ3n) is 3.56. The number of ether oxygens (including phenoxy) is 1. The molecular formula is C15H20FNO2. The molecule has 1 aromatic rings. The van der Waals surface area contributed by atoms with Crippen molar-refractivity contribution in [1.29, 1.82) is 0 Å². The Labute approximate surface area is 113 Å². The molecule has 0 bridgehead atoms. The summed E-state index contributed by atoms with van der Waals surface area (Å²) in [4.78, 5) is 14.2. The summed E-state index contributed by atoms with van der Waals surface area (Å²) in [5.41, 5.74) is 0.601. The number of carbonyl (C=O) groups is 1. The van der Waals surface area contributed by atoms with Crippen molar-refractivity contribution < 1.29 is 13.9 Å². The van der Waals surface area contributed by atoms with E-state index >= 15 is 0 Å². The van der Waals surface area contributed by atoms with Crippen LogP contribution >= 0.6 is 0 Å². The Morgan fingerprint density at radius 2 is 2.26 bits per heavy atom. The van der Waals surface area contributed by atoms with E-state index in [1.807, 2.05) is 18.7 Å². The molecule has 104 valence electrons. The number of benzene rings is 1. The predicted molar refractivity (Wildman–Crippen MR) is 71.3 cm³/mol. The topological polar surface area (TPSA) is 29.5 Å². The fourth-order valence-electron chi connectivity index (χ4n) is 2.42. The van der Waals surface area contributed by atoms with Crippen LogP contribution in [0.1, 0.15) is 19.4 Å². The highest BCUT2D eigenvalue weighted by Crippen LogP contribution is 2.17. The minimum absolute atomic E-state index is 0.0825. The molecule has 0 saturated carbocycles. The molecule has 0 radical (unpaired) electrons. The van der Waals surface area contributed by atoms with Crippen LogP contribution in [-0.4, -0.2) is 36.6 Å². The Bertz CT molecular complexity index is 450. The lowest BCUT2D eigenvalue weighted by molar-refractivity contribution is -0.142. The van der Waals surface area contributed by atoms with E-state index in [4.69, 9.17) is 4.74 Å². The SMILES string of the molecule is CC(Cc1ccccc1F)C(=O)N1CCOCC1C. The molecule has 1 aromatic carbocycles. The molecule has 2 unspecified atom stereocenters. The number of nitrogens with zero attached hydrogens (tertiary/aromatic N) is 1. The summed E-state index contributed by atoms with van der Waals surface area (Å²) in [6.07, 6.45) is 0.440. The van der Waals surface area contributed by atoms with Crippen molar-refractivity contribution in [2.75, 3.05) is 19.8 Å². The van der Waals surface area contributed by atoms with E-state index in [-0.39, 0.29) is 23.7 Å². The Hall–Kier alpha value is -1.42. The lowest BCUT2D eigenvalue weighted by atomic mass is 9.98. The van der Waals surface area contributed by atoms with E-state index in [1.165, 1.54) is 6.07 Å². The third-order valence-corrected chi connectivity index (χ3v) is 3.56. The van der Waals surface area contributed by atoms with E-state index in [0.717, 1.165) is 0 Å². The van der Waals surface area contributed by atoms with Gasteiger partial charge in [0.2, 0.25) is 5.91 Å². The van der Waals surface area contributed by atoms with Crippen LogP contribution in [0.3, 0.4) is 0 Å². The molecule has 1 heterocycles. The van der Waals surface area contributed by atoms with Gasteiger partial charge in [0.15, 0.2) is 0 Å². The molecule has 0 N–H and O–H groups in total. The summed E-state index contributed by atoms with van der Waals surface area (Å²) in [6, 6.07) is 6.73. The molecular weight excluding hydrogens is 245 g/mol. The molecule has 0 spiro atoms. The van der Waals surface area contributed by atoms with Crippen molar-refractivity contribution in [3.8, 4) is 0 Å². The maximum absolute atomic E-state index is 13.6. The van der Waals surface area contributed by atoms with Crippen LogP contribution in [0.15, 0.2) is 24.3 Å². The summed E-state index contributed by atoms with van der Waals surface area (Å²) < 4.78 is 18.9. The Balaban J connectivity index is 2.01. The standard InChI is InChI=1S/C15H20FNO2/c1-11(9-13-5-3-4-6-14(13)16)15(18)17-7-8-19-10-12(17)2/h3-6,11-12H,7-10H2,1-2H3. The first-order valence-electron chi connectivity index (χ1n) is 6.71. The summed E-state index contributed by atoms with van der Waals surface area (Å²) in [5.74, 6) is -0.367. The number of halogens is 1. The molecule has 0 aromatic heterocycles. The first-order valence-corrected chi connectivity index (χ1v) is 6.71. The molecule has 3 nitrogen and oxygen atoms in total. The zero-order valence-corrected chi connectivity index (χ0v) is 11.4. The van der Waals surface area contributed by atoms with Gasteiger partial charge in [-0.3, -0.25) is 4.79 Å². The van der Waals surface area contributed by atoms with E-state index in [2.05, 4.69) is 0 Å². The predicted octanol–water partition coefficient (Wildman–Crippen LogP) is 2.25. The van der Waals surface area contributed by atoms with Crippen molar-refractivity contribution in [2.24, 2.45) is 5.92 Å². The largest absolute Gasteiger partial charge is 0.377 e. The van der Waals surface area contributed by atoms with Crippen molar-refractivity contribution in [1.82, 2.24) is 4.90 Å². The fraction of sp³-hybridized carbons (Fsp3) is 0.533. The van der Waals surface area contributed by atoms with Crippen LogP contribution < -0.4 is 0 Å². The fourth-order valence-corrected chi connectivity index (χ4v) is 2.42. The number of amides is 1. The van der Waals surface area contributed by atoms with Gasteiger partial charge in [-0.2, -0.15) is 0 Å². The Kier molecular flexibility index (Phi) is 4.53. The average molecular weight is 265 g/mol. The maximum Gasteiger partial charge on any atom is 0.226 e. The first kappa shape index (κ1) is 14.0. The van der Waals surface area contributed by atoms with Crippen LogP contribution in [0, 0.1) is 11.7 Å². The molecule has 19 heavy (non-hydrogen) atoms. The molecule has 1 aliphatic rings. The maximum atomic E-state index is 13.6. The third kappa shape index (κ3) is 3.32. The lowest BCUT2D eigenvalue weighted by Gasteiger charge is -2.35. The minimum Gasteiger partial charge on any atom is -0.377 e. The van der Waals surface area contributed by atoms with Gasteiger partial charge in [0.05, 0.1) is 19.3 Å². The second kappa shape index (κ2) is 6.15. The van der Waals surface area contributed by atoms with Crippen LogP contribution in [0.25, 0.3) is 0 Å². The van der Waals surface area contributed by atoms with E-state index in [9.17, 15) is 9.18 Å². The number of hydrogen-bond donors (Lipinski definition) is 0. The zero-order chi connectivity index (χ0) is 13.8. The molecule has 2 atom stereocenters. The Morgan fingerprint density at radius 3 is 2.95 bits per heavy atom. The van der Waals surface area contributed by atoms with Crippen molar-refractivity contribution in [3.63, 3.8) is 0 Å². The van der Waals surface area contributed by atoms with Crippen LogP contribution in [0.4, 0.5) is 4.39 Å². The summed E-state index contributed by atoms with van der Waals surface area (Å²) in [7, 11) is 0. The lowest BCUT2D eigenvalue weighted by Crippen LogP contribution is -2.49. The summed E-state index contributed by atoms with van der Waals surface area (Å²) in [6.45, 7) is 5.63. The van der Waals surface area contributed by atoms with E-state index in [0.29, 0.717) is 31.7 Å². The zero-order valence-electron chi connectivity index (χ0n) is 11.4. The number of hydrogen-bond acceptors (Lipinski definition) is 2. The van der Waals surface area contributed by atoms with Gasteiger partial charge < -0.3 is 9.64 Å². The molecule has 1 aliphatic heterocycles. The quantitative estimate of drug-likeness (QED) is 0.839. The molecule has 4 heteroatoms. The highest BCUT2D eigenvalue weighted by molar-refractivity contribution is 5.79. The van der Waals surface area contributed by atoms with Gasteiger partial charge in [0.1, 0.15) is 5.82 Å². The van der Waals surface area contributed by atoms with Gasteiger partial charge in [-0.05, 0) is 25.0 Å². The number of carbonyl (C=O) groups excluding carboxylic acids is 1. The van der Waals surface area contributed by atoms with Crippen LogP contribution in [0.5, 0.6) is 0 Å². The van der Waals surface area contributed by atoms with Crippen molar-refractivity contribution in [2.45, 2.75) is 26.3 Å². The van der Waals surface area contributed by atoms with Crippen LogP contribution in [0.2, 0.25) is 0 Å². The van der Waals surface area contributed by atoms with Gasteiger partial charge in [-0.1, -0.05) is 25.1 Å². The smallest absolute Gasteiger partial charge is 0.226 e. The first-order chi connectivity index (χ1) is 9.09. The van der Waals surface area contributed by atoms with E-state index in [1.54, 1.807) is 18.2 Å². The summed E-state index contributed by atoms with van der Waals surface area (Å²) >= 11 is 0. The van der Waals surface area contributed by atoms with Gasteiger partial charge in [-0.15, -0.1) is 0 Å². The monoisotopic (exact) mass is 265 g/mol. The second-order valence-corrected chi connectivity index (χ2v) is 5.15. The Morgan fingerprint density at radius 1 is 1.53 bits per heavy atom. The molecule has 1 fully saturated rings. The van der Waals surface area contributed by atoms with Gasteiger partial charge in [0.25, 0.3) is 0 Å². The molecule has 1 amide bonds. The van der Waals surface area contributed by atoms with Crippen LogP contribution in [-0.2, 0) is 16.0 Å². The molecule has 2 rings (SSSR count). The normalized spacial score (nSPS) is 21.2. The average Bonchev–Trinajstić information content (AvgIpc) is 2.41. The summed E-state index contributed by atoms with van der Waals surface area (Å²) in [5, 5.41) is 0.